The molecule has 0 aromatic carbocycles. The average molecular weight is 320 g/mol. The number of nitrogens with zero attached hydrogens (tertiary/aromatic N) is 5. The number of aliphatic hydroxyl groups excluding tert-OH is 1. The number of hydrogen-bond donors (Lipinski definition) is 2. The van der Waals surface area contributed by atoms with E-state index in [1.165, 1.54) is 11.5 Å². The first-order valence-electron chi connectivity index (χ1n) is 7.44. The van der Waals surface area contributed by atoms with E-state index in [0.29, 0.717) is 25.0 Å². The Kier molecular flexibility index (Phi) is 4.49. The van der Waals surface area contributed by atoms with Gasteiger partial charge in [-0.2, -0.15) is 4.98 Å². The zero-order valence-electron chi connectivity index (χ0n) is 12.7. The molecule has 1 aliphatic rings. The van der Waals surface area contributed by atoms with Gasteiger partial charge in [-0.1, -0.05) is 18.3 Å². The first-order valence-corrected chi connectivity index (χ1v) is 8.22. The summed E-state index contributed by atoms with van der Waals surface area (Å²) in [5.74, 6) is 1.79. The number of hydrogen-bond acceptors (Lipinski definition) is 8. The summed E-state index contributed by atoms with van der Waals surface area (Å²) in [5.41, 5.74) is 1.02. The molecule has 0 amide bonds. The maximum Gasteiger partial charge on any atom is 0.224 e. The van der Waals surface area contributed by atoms with Gasteiger partial charge in [0.2, 0.25) is 5.95 Å². The zero-order valence-corrected chi connectivity index (χ0v) is 13.5. The summed E-state index contributed by atoms with van der Waals surface area (Å²) in [6.45, 7) is 6.30. The maximum absolute atomic E-state index is 9.63. The van der Waals surface area contributed by atoms with Crippen LogP contribution in [0, 0.1) is 0 Å². The van der Waals surface area contributed by atoms with Crippen molar-refractivity contribution in [3.05, 3.63) is 22.8 Å². The van der Waals surface area contributed by atoms with E-state index in [-0.39, 0.29) is 6.10 Å². The molecule has 1 atom stereocenters. The second-order valence-electron chi connectivity index (χ2n) is 5.72. The van der Waals surface area contributed by atoms with Gasteiger partial charge in [-0.3, -0.25) is 0 Å². The smallest absolute Gasteiger partial charge is 0.224 e. The third-order valence-electron chi connectivity index (χ3n) is 3.67. The molecule has 0 radical (unpaired) electrons. The third-order valence-corrected chi connectivity index (χ3v) is 4.40. The van der Waals surface area contributed by atoms with E-state index in [9.17, 15) is 5.11 Å². The Morgan fingerprint density at radius 1 is 1.50 bits per heavy atom. The van der Waals surface area contributed by atoms with Crippen molar-refractivity contribution in [1.29, 1.82) is 0 Å². The van der Waals surface area contributed by atoms with Crippen LogP contribution in [-0.4, -0.2) is 43.9 Å². The summed E-state index contributed by atoms with van der Waals surface area (Å²) >= 11 is 1.40. The van der Waals surface area contributed by atoms with Crippen LogP contribution in [0.4, 0.5) is 11.8 Å². The molecule has 2 aromatic heterocycles. The third kappa shape index (κ3) is 3.33. The quantitative estimate of drug-likeness (QED) is 0.866. The number of β-amino-alcohol motifs (C(OH)–C–C–N with tert-alkyl or cyclic N) is 1. The number of aromatic nitrogens is 4. The molecule has 1 unspecified atom stereocenters. The molecule has 2 aromatic rings. The van der Waals surface area contributed by atoms with Crippen molar-refractivity contribution in [2.24, 2.45) is 0 Å². The van der Waals surface area contributed by atoms with Crippen molar-refractivity contribution in [2.75, 3.05) is 23.3 Å². The van der Waals surface area contributed by atoms with Crippen molar-refractivity contribution in [1.82, 2.24) is 19.6 Å². The van der Waals surface area contributed by atoms with Gasteiger partial charge < -0.3 is 15.3 Å². The Balaban J connectivity index is 1.67. The van der Waals surface area contributed by atoms with E-state index >= 15 is 0 Å². The van der Waals surface area contributed by atoms with Crippen LogP contribution in [0.25, 0.3) is 0 Å². The molecule has 1 aliphatic heterocycles. The van der Waals surface area contributed by atoms with Crippen LogP contribution >= 0.6 is 11.5 Å². The lowest BCUT2D eigenvalue weighted by Crippen LogP contribution is -2.22. The molecule has 8 heteroatoms. The van der Waals surface area contributed by atoms with Crippen molar-refractivity contribution in [2.45, 2.75) is 38.8 Å². The minimum absolute atomic E-state index is 0.261. The summed E-state index contributed by atoms with van der Waals surface area (Å²) in [6.07, 6.45) is 2.27. The minimum atomic E-state index is -0.261. The molecule has 22 heavy (non-hydrogen) atoms. The molecular weight excluding hydrogens is 300 g/mol. The van der Waals surface area contributed by atoms with E-state index in [0.717, 1.165) is 29.4 Å². The van der Waals surface area contributed by atoms with Crippen LogP contribution in [0.3, 0.4) is 0 Å². The molecule has 0 spiro atoms. The molecule has 2 N–H and O–H groups in total. The van der Waals surface area contributed by atoms with Crippen LogP contribution < -0.4 is 10.2 Å². The van der Waals surface area contributed by atoms with Crippen LogP contribution in [0.2, 0.25) is 0 Å². The Labute approximate surface area is 133 Å². The largest absolute Gasteiger partial charge is 0.391 e. The number of aliphatic hydroxyl groups is 1. The van der Waals surface area contributed by atoms with Crippen LogP contribution in [0.1, 0.15) is 36.8 Å². The van der Waals surface area contributed by atoms with E-state index in [2.05, 4.69) is 43.6 Å². The van der Waals surface area contributed by atoms with Gasteiger partial charge >= 0.3 is 0 Å². The minimum Gasteiger partial charge on any atom is -0.391 e. The lowest BCUT2D eigenvalue weighted by Gasteiger charge is -2.17. The van der Waals surface area contributed by atoms with Crippen molar-refractivity contribution < 1.29 is 5.11 Å². The predicted octanol–water partition coefficient (Wildman–Crippen LogP) is 1.63. The van der Waals surface area contributed by atoms with Gasteiger partial charge in [-0.25, -0.2) is 4.98 Å². The highest BCUT2D eigenvalue weighted by Crippen LogP contribution is 2.21. The molecular formula is C14H20N6OS. The summed E-state index contributed by atoms with van der Waals surface area (Å²) < 4.78 is 4.02. The summed E-state index contributed by atoms with van der Waals surface area (Å²) in [6, 6.07) is 1.87. The maximum atomic E-state index is 9.63. The Hall–Kier alpha value is -1.80. The molecule has 0 saturated carbocycles. The highest BCUT2D eigenvalue weighted by Gasteiger charge is 2.21. The number of anilines is 2. The van der Waals surface area contributed by atoms with E-state index in [1.807, 2.05) is 6.07 Å². The lowest BCUT2D eigenvalue weighted by atomic mass is 10.1. The second kappa shape index (κ2) is 6.53. The van der Waals surface area contributed by atoms with Crippen LogP contribution in [0.15, 0.2) is 12.3 Å². The SMILES string of the molecule is CC(C)c1nnsc1CNc1nccc(N2CCC(O)C2)n1. The molecule has 0 aliphatic carbocycles. The molecule has 7 nitrogen and oxygen atoms in total. The van der Waals surface area contributed by atoms with Gasteiger partial charge in [0.1, 0.15) is 5.82 Å². The topological polar surface area (TPSA) is 87.1 Å². The van der Waals surface area contributed by atoms with Gasteiger partial charge in [0, 0.05) is 19.3 Å². The van der Waals surface area contributed by atoms with Gasteiger partial charge in [0.05, 0.1) is 23.2 Å². The van der Waals surface area contributed by atoms with Gasteiger partial charge in [0.15, 0.2) is 0 Å². The predicted molar refractivity (Wildman–Crippen MR) is 86.2 cm³/mol. The Morgan fingerprint density at radius 2 is 2.36 bits per heavy atom. The highest BCUT2D eigenvalue weighted by molar-refractivity contribution is 7.05. The molecule has 118 valence electrons. The average Bonchev–Trinajstić information content (AvgIpc) is 3.14. The normalized spacial score (nSPS) is 18.2. The first kappa shape index (κ1) is 15.1. The molecule has 3 heterocycles. The Bertz CT molecular complexity index is 631. The second-order valence-corrected chi connectivity index (χ2v) is 6.56. The fourth-order valence-electron chi connectivity index (χ4n) is 2.50. The van der Waals surface area contributed by atoms with Crippen LogP contribution in [0.5, 0.6) is 0 Å². The summed E-state index contributed by atoms with van der Waals surface area (Å²) in [4.78, 5) is 12.0. The van der Waals surface area contributed by atoms with Gasteiger partial charge in [-0.15, -0.1) is 5.10 Å². The first-order chi connectivity index (χ1) is 10.6. The molecule has 3 rings (SSSR count). The molecule has 1 fully saturated rings. The molecule has 1 saturated heterocycles. The van der Waals surface area contributed by atoms with Gasteiger partial charge in [-0.05, 0) is 29.9 Å². The number of rotatable bonds is 5. The standard InChI is InChI=1S/C14H20N6OS/c1-9(2)13-11(22-19-18-13)7-16-14-15-5-3-12(17-14)20-6-4-10(21)8-20/h3,5,9-10,21H,4,6-8H2,1-2H3,(H,15,16,17). The molecule has 0 bridgehead atoms. The van der Waals surface area contributed by atoms with Crippen molar-refractivity contribution in [3.8, 4) is 0 Å². The summed E-state index contributed by atoms with van der Waals surface area (Å²) in [5, 5.41) is 17.0. The fraction of sp³-hybridized carbons (Fsp3) is 0.571. The monoisotopic (exact) mass is 320 g/mol. The van der Waals surface area contributed by atoms with E-state index < -0.39 is 0 Å². The Morgan fingerprint density at radius 3 is 3.09 bits per heavy atom. The van der Waals surface area contributed by atoms with Crippen molar-refractivity contribution >= 4 is 23.3 Å². The number of nitrogens with one attached hydrogen (secondary N) is 1. The highest BCUT2D eigenvalue weighted by atomic mass is 32.1. The lowest BCUT2D eigenvalue weighted by molar-refractivity contribution is 0.198. The van der Waals surface area contributed by atoms with Crippen LogP contribution in [-0.2, 0) is 6.54 Å². The summed E-state index contributed by atoms with van der Waals surface area (Å²) in [7, 11) is 0. The van der Waals surface area contributed by atoms with Crippen molar-refractivity contribution in [3.63, 3.8) is 0 Å². The zero-order chi connectivity index (χ0) is 15.5. The van der Waals surface area contributed by atoms with E-state index in [4.69, 9.17) is 0 Å². The van der Waals surface area contributed by atoms with Gasteiger partial charge in [0.25, 0.3) is 0 Å². The van der Waals surface area contributed by atoms with E-state index in [1.54, 1.807) is 6.20 Å². The fourth-order valence-corrected chi connectivity index (χ4v) is 3.23.